The average molecular weight is 379 g/mol. The van der Waals surface area contributed by atoms with Gasteiger partial charge >= 0.3 is 0 Å². The Morgan fingerprint density at radius 2 is 1.95 bits per heavy atom. The molecular weight excluding hydrogens is 364 g/mol. The Labute approximate surface area is 141 Å². The zero-order valence-corrected chi connectivity index (χ0v) is 14.4. The van der Waals surface area contributed by atoms with Crippen LogP contribution in [-0.2, 0) is 12.8 Å². The number of aryl methyl sites for hydroxylation is 1. The number of thiophene rings is 1. The second kappa shape index (κ2) is 6.22. The van der Waals surface area contributed by atoms with Gasteiger partial charge in [0.15, 0.2) is 0 Å². The van der Waals surface area contributed by atoms with Crippen molar-refractivity contribution in [2.45, 2.75) is 19.3 Å². The second-order valence-corrected chi connectivity index (χ2v) is 7.03. The Bertz CT molecular complexity index is 755. The first kappa shape index (κ1) is 15.2. The van der Waals surface area contributed by atoms with Crippen LogP contribution in [0.15, 0.2) is 28.7 Å². The van der Waals surface area contributed by atoms with Crippen molar-refractivity contribution in [1.29, 1.82) is 0 Å². The molecule has 3 rings (SSSR count). The first-order valence-electron chi connectivity index (χ1n) is 7.04. The molecule has 6 heteroatoms. The van der Waals surface area contributed by atoms with Crippen molar-refractivity contribution in [3.05, 3.63) is 50.3 Å². The maximum absolute atomic E-state index is 12.5. The van der Waals surface area contributed by atoms with Gasteiger partial charge in [-0.25, -0.2) is 0 Å². The van der Waals surface area contributed by atoms with Crippen molar-refractivity contribution < 1.29 is 9.59 Å². The van der Waals surface area contributed by atoms with E-state index >= 15 is 0 Å². The van der Waals surface area contributed by atoms with Crippen molar-refractivity contribution in [2.75, 3.05) is 12.4 Å². The van der Waals surface area contributed by atoms with Gasteiger partial charge in [0.1, 0.15) is 5.00 Å². The molecule has 0 atom stereocenters. The molecule has 1 aromatic heterocycles. The Hall–Kier alpha value is -1.66. The summed E-state index contributed by atoms with van der Waals surface area (Å²) >= 11 is 4.89. The van der Waals surface area contributed by atoms with Crippen LogP contribution >= 0.6 is 27.3 Å². The van der Waals surface area contributed by atoms with E-state index in [1.807, 2.05) is 18.2 Å². The Morgan fingerprint density at radius 1 is 1.18 bits per heavy atom. The average Bonchev–Trinajstić information content (AvgIpc) is 3.07. The molecule has 0 saturated carbocycles. The molecule has 2 aromatic rings. The van der Waals surface area contributed by atoms with Gasteiger partial charge in [-0.05, 0) is 52.9 Å². The molecule has 1 aliphatic rings. The normalized spacial score (nSPS) is 12.8. The van der Waals surface area contributed by atoms with Crippen molar-refractivity contribution >= 4 is 44.1 Å². The van der Waals surface area contributed by atoms with Gasteiger partial charge in [0.05, 0.1) is 11.1 Å². The fraction of sp³-hybridized carbons (Fsp3) is 0.250. The zero-order chi connectivity index (χ0) is 15.7. The Morgan fingerprint density at radius 3 is 2.68 bits per heavy atom. The van der Waals surface area contributed by atoms with Gasteiger partial charge < -0.3 is 10.6 Å². The fourth-order valence-corrected chi connectivity index (χ4v) is 4.42. The number of carbonyl (C=O) groups excluding carboxylic acids is 2. The first-order chi connectivity index (χ1) is 10.6. The highest BCUT2D eigenvalue weighted by Gasteiger charge is 2.27. The number of fused-ring (bicyclic) bond motifs is 1. The van der Waals surface area contributed by atoms with Crippen LogP contribution in [-0.4, -0.2) is 18.9 Å². The van der Waals surface area contributed by atoms with Crippen molar-refractivity contribution in [1.82, 2.24) is 5.32 Å². The molecule has 0 spiro atoms. The number of carbonyl (C=O) groups is 2. The molecule has 4 nitrogen and oxygen atoms in total. The van der Waals surface area contributed by atoms with E-state index in [9.17, 15) is 9.59 Å². The van der Waals surface area contributed by atoms with Gasteiger partial charge in [0.25, 0.3) is 11.8 Å². The second-order valence-electron chi connectivity index (χ2n) is 5.07. The smallest absolute Gasteiger partial charge is 0.257 e. The molecule has 0 fully saturated rings. The first-order valence-corrected chi connectivity index (χ1v) is 8.65. The summed E-state index contributed by atoms with van der Waals surface area (Å²) in [4.78, 5) is 25.8. The predicted octanol–water partition coefficient (Wildman–Crippen LogP) is 3.61. The summed E-state index contributed by atoms with van der Waals surface area (Å²) in [5.74, 6) is -0.348. The Balaban J connectivity index is 1.95. The lowest BCUT2D eigenvalue weighted by molar-refractivity contribution is 0.0963. The molecule has 0 saturated heterocycles. The van der Waals surface area contributed by atoms with Crippen LogP contribution in [0.25, 0.3) is 0 Å². The molecule has 0 bridgehead atoms. The largest absolute Gasteiger partial charge is 0.355 e. The number of anilines is 1. The van der Waals surface area contributed by atoms with E-state index in [-0.39, 0.29) is 11.8 Å². The van der Waals surface area contributed by atoms with Gasteiger partial charge in [0, 0.05) is 16.4 Å². The third-order valence-corrected chi connectivity index (χ3v) is 5.62. The van der Waals surface area contributed by atoms with Crippen molar-refractivity contribution in [3.8, 4) is 0 Å². The molecule has 0 radical (unpaired) electrons. The van der Waals surface area contributed by atoms with Crippen LogP contribution in [0.2, 0.25) is 0 Å². The fourth-order valence-electron chi connectivity index (χ4n) is 2.67. The minimum atomic E-state index is -0.211. The van der Waals surface area contributed by atoms with Crippen LogP contribution in [0.4, 0.5) is 5.00 Å². The molecule has 0 unspecified atom stereocenters. The maximum Gasteiger partial charge on any atom is 0.257 e. The standard InChI is InChI=1S/C16H15BrN2O2S/c1-18-15(21)13-10-6-4-8-12(10)22-16(13)19-14(20)9-5-2-3-7-11(9)17/h2-3,5,7H,4,6,8H2,1H3,(H,18,21)(H,19,20). The number of hydrogen-bond acceptors (Lipinski definition) is 3. The third-order valence-electron chi connectivity index (χ3n) is 3.72. The zero-order valence-electron chi connectivity index (χ0n) is 12.0. The molecular formula is C16H15BrN2O2S. The monoisotopic (exact) mass is 378 g/mol. The number of nitrogens with one attached hydrogen (secondary N) is 2. The van der Waals surface area contributed by atoms with E-state index in [4.69, 9.17) is 0 Å². The van der Waals surface area contributed by atoms with E-state index in [0.717, 1.165) is 29.3 Å². The number of rotatable bonds is 3. The Kier molecular flexibility index (Phi) is 4.31. The molecule has 1 aromatic carbocycles. The minimum Gasteiger partial charge on any atom is -0.355 e. The maximum atomic E-state index is 12.5. The molecule has 114 valence electrons. The lowest BCUT2D eigenvalue weighted by Crippen LogP contribution is -2.21. The molecule has 2 N–H and O–H groups in total. The SMILES string of the molecule is CNC(=O)c1c(NC(=O)c2ccccc2Br)sc2c1CCC2. The number of amides is 2. The molecule has 22 heavy (non-hydrogen) atoms. The van der Waals surface area contributed by atoms with Crippen molar-refractivity contribution in [3.63, 3.8) is 0 Å². The molecule has 2 amide bonds. The lowest BCUT2D eigenvalue weighted by atomic mass is 10.1. The number of halogens is 1. The van der Waals surface area contributed by atoms with Crippen LogP contribution in [0, 0.1) is 0 Å². The van der Waals surface area contributed by atoms with E-state index < -0.39 is 0 Å². The van der Waals surface area contributed by atoms with Crippen LogP contribution in [0.5, 0.6) is 0 Å². The molecule has 0 aliphatic heterocycles. The van der Waals surface area contributed by atoms with Gasteiger partial charge in [-0.1, -0.05) is 12.1 Å². The summed E-state index contributed by atoms with van der Waals surface area (Å²) in [7, 11) is 1.61. The summed E-state index contributed by atoms with van der Waals surface area (Å²) in [5, 5.41) is 6.21. The van der Waals surface area contributed by atoms with E-state index in [2.05, 4.69) is 26.6 Å². The van der Waals surface area contributed by atoms with E-state index in [1.165, 1.54) is 16.2 Å². The highest BCUT2D eigenvalue weighted by Crippen LogP contribution is 2.39. The highest BCUT2D eigenvalue weighted by atomic mass is 79.9. The van der Waals surface area contributed by atoms with Gasteiger partial charge in [-0.3, -0.25) is 9.59 Å². The molecule has 1 aliphatic carbocycles. The minimum absolute atomic E-state index is 0.137. The quantitative estimate of drug-likeness (QED) is 0.856. The van der Waals surface area contributed by atoms with Gasteiger partial charge in [0.2, 0.25) is 0 Å². The third kappa shape index (κ3) is 2.68. The molecule has 1 heterocycles. The highest BCUT2D eigenvalue weighted by molar-refractivity contribution is 9.10. The summed E-state index contributed by atoms with van der Waals surface area (Å²) in [6, 6.07) is 7.24. The summed E-state index contributed by atoms with van der Waals surface area (Å²) < 4.78 is 0.734. The van der Waals surface area contributed by atoms with Crippen LogP contribution < -0.4 is 10.6 Å². The number of benzene rings is 1. The summed E-state index contributed by atoms with van der Waals surface area (Å²) in [6.07, 6.45) is 2.96. The summed E-state index contributed by atoms with van der Waals surface area (Å²) in [5.41, 5.74) is 2.27. The van der Waals surface area contributed by atoms with E-state index in [1.54, 1.807) is 13.1 Å². The van der Waals surface area contributed by atoms with Crippen LogP contribution in [0.3, 0.4) is 0 Å². The summed E-state index contributed by atoms with van der Waals surface area (Å²) in [6.45, 7) is 0. The lowest BCUT2D eigenvalue weighted by Gasteiger charge is -2.08. The number of hydrogen-bond donors (Lipinski definition) is 2. The van der Waals surface area contributed by atoms with Gasteiger partial charge in [-0.2, -0.15) is 0 Å². The van der Waals surface area contributed by atoms with Gasteiger partial charge in [-0.15, -0.1) is 11.3 Å². The van der Waals surface area contributed by atoms with Crippen LogP contribution in [0.1, 0.15) is 37.6 Å². The topological polar surface area (TPSA) is 58.2 Å². The predicted molar refractivity (Wildman–Crippen MR) is 91.8 cm³/mol. The van der Waals surface area contributed by atoms with Crippen molar-refractivity contribution in [2.24, 2.45) is 0 Å². The van der Waals surface area contributed by atoms with E-state index in [0.29, 0.717) is 16.1 Å².